The summed E-state index contributed by atoms with van der Waals surface area (Å²) in [4.78, 5) is 21.9. The largest absolute Gasteiger partial charge is 0.384 e. The molecule has 0 bridgehead atoms. The highest BCUT2D eigenvalue weighted by molar-refractivity contribution is 7.98. The first-order chi connectivity index (χ1) is 14.6. The van der Waals surface area contributed by atoms with Crippen LogP contribution in [0.4, 0.5) is 20.7 Å². The molecule has 1 fully saturated rings. The van der Waals surface area contributed by atoms with Crippen molar-refractivity contribution in [2.75, 3.05) is 56.2 Å². The van der Waals surface area contributed by atoms with Crippen LogP contribution in [-0.4, -0.2) is 66.0 Å². The van der Waals surface area contributed by atoms with E-state index < -0.39 is 0 Å². The number of nitrogens with one attached hydrogen (secondary N) is 1. The summed E-state index contributed by atoms with van der Waals surface area (Å²) < 4.78 is 18.7. The van der Waals surface area contributed by atoms with Crippen LogP contribution in [0.25, 0.3) is 0 Å². The average Bonchev–Trinajstić information content (AvgIpc) is 2.76. The number of nitrogens with zero attached hydrogens (tertiary/aromatic N) is 3. The lowest BCUT2D eigenvalue weighted by molar-refractivity contribution is 0.0339. The molecule has 2 aliphatic heterocycles. The molecule has 0 aliphatic carbocycles. The van der Waals surface area contributed by atoms with Gasteiger partial charge in [-0.3, -0.25) is 4.90 Å². The van der Waals surface area contributed by atoms with Crippen molar-refractivity contribution < 1.29 is 13.9 Å². The zero-order valence-corrected chi connectivity index (χ0v) is 17.5. The zero-order chi connectivity index (χ0) is 20.9. The van der Waals surface area contributed by atoms with Crippen molar-refractivity contribution in [1.82, 2.24) is 14.8 Å². The summed E-state index contributed by atoms with van der Waals surface area (Å²) in [6, 6.07) is 9.28. The second-order valence-electron chi connectivity index (χ2n) is 7.39. The molecule has 0 saturated carbocycles. The standard InChI is InChI=1S/C21H26FN5O2S/c22-15-1-3-16(4-2-15)24-21(28)27(8-7-26-9-11-29-12-10-26)19-14-30-13-18-17(19)5-6-20(23)25-18/h1-6,19H,7-14H2,(H2,23,25)(H,24,28). The van der Waals surface area contributed by atoms with Crippen molar-refractivity contribution in [1.29, 1.82) is 0 Å². The molecule has 1 aromatic heterocycles. The Labute approximate surface area is 179 Å². The highest BCUT2D eigenvalue weighted by atomic mass is 32.2. The Hall–Kier alpha value is -2.36. The van der Waals surface area contributed by atoms with Gasteiger partial charge in [0, 0.05) is 43.4 Å². The Balaban J connectivity index is 1.55. The molecule has 1 aromatic carbocycles. The van der Waals surface area contributed by atoms with Gasteiger partial charge in [-0.1, -0.05) is 6.07 Å². The lowest BCUT2D eigenvalue weighted by atomic mass is 10.0. The number of morpholine rings is 1. The van der Waals surface area contributed by atoms with Gasteiger partial charge in [0.15, 0.2) is 0 Å². The summed E-state index contributed by atoms with van der Waals surface area (Å²) in [5.74, 6) is 1.73. The number of urea groups is 1. The third-order valence-electron chi connectivity index (χ3n) is 5.40. The summed E-state index contributed by atoms with van der Waals surface area (Å²) in [7, 11) is 0. The summed E-state index contributed by atoms with van der Waals surface area (Å²) >= 11 is 1.75. The molecule has 160 valence electrons. The number of halogens is 1. The number of pyridine rings is 1. The zero-order valence-electron chi connectivity index (χ0n) is 16.7. The molecule has 0 radical (unpaired) electrons. The first kappa shape index (κ1) is 20.9. The number of rotatable bonds is 5. The molecule has 1 atom stereocenters. The molecule has 9 heteroatoms. The Morgan fingerprint density at radius 1 is 1.27 bits per heavy atom. The van der Waals surface area contributed by atoms with Crippen LogP contribution in [0.1, 0.15) is 17.3 Å². The van der Waals surface area contributed by atoms with Crippen LogP contribution in [-0.2, 0) is 10.5 Å². The van der Waals surface area contributed by atoms with E-state index >= 15 is 0 Å². The lowest BCUT2D eigenvalue weighted by Crippen LogP contribution is -2.46. The molecule has 2 amide bonds. The maximum Gasteiger partial charge on any atom is 0.322 e. The van der Waals surface area contributed by atoms with Crippen LogP contribution in [0.15, 0.2) is 36.4 Å². The molecule has 1 saturated heterocycles. The van der Waals surface area contributed by atoms with Crippen LogP contribution >= 0.6 is 11.8 Å². The number of hydrogen-bond acceptors (Lipinski definition) is 6. The van der Waals surface area contributed by atoms with Gasteiger partial charge in [-0.2, -0.15) is 11.8 Å². The van der Waals surface area contributed by atoms with E-state index in [0.29, 0.717) is 31.3 Å². The predicted molar refractivity (Wildman–Crippen MR) is 117 cm³/mol. The Kier molecular flexibility index (Phi) is 6.71. The number of thioether (sulfide) groups is 1. The normalized spacial score (nSPS) is 19.2. The number of aromatic nitrogens is 1. The van der Waals surface area contributed by atoms with Gasteiger partial charge >= 0.3 is 6.03 Å². The SMILES string of the molecule is Nc1ccc2c(n1)CSCC2N(CCN1CCOCC1)C(=O)Nc1ccc(F)cc1. The molecule has 30 heavy (non-hydrogen) atoms. The van der Waals surface area contributed by atoms with Gasteiger partial charge in [0.1, 0.15) is 11.6 Å². The number of carbonyl (C=O) groups is 1. The second kappa shape index (κ2) is 9.63. The summed E-state index contributed by atoms with van der Waals surface area (Å²) in [6.45, 7) is 4.49. The third kappa shape index (κ3) is 5.03. The quantitative estimate of drug-likeness (QED) is 0.757. The number of carbonyl (C=O) groups excluding carboxylic acids is 1. The number of nitrogens with two attached hydrogens (primary N) is 1. The topological polar surface area (TPSA) is 83.7 Å². The highest BCUT2D eigenvalue weighted by Gasteiger charge is 2.31. The minimum absolute atomic E-state index is 0.103. The third-order valence-corrected chi connectivity index (χ3v) is 6.43. The van der Waals surface area contributed by atoms with Crippen LogP contribution < -0.4 is 11.1 Å². The molecule has 7 nitrogen and oxygen atoms in total. The van der Waals surface area contributed by atoms with Crippen molar-refractivity contribution in [2.45, 2.75) is 11.8 Å². The second-order valence-corrected chi connectivity index (χ2v) is 8.42. The number of fused-ring (bicyclic) bond motifs is 1. The van der Waals surface area contributed by atoms with Gasteiger partial charge in [0.2, 0.25) is 0 Å². The van der Waals surface area contributed by atoms with Crippen LogP contribution in [0.3, 0.4) is 0 Å². The number of amides is 2. The first-order valence-corrected chi connectivity index (χ1v) is 11.2. The molecule has 3 heterocycles. The monoisotopic (exact) mass is 431 g/mol. The summed E-state index contributed by atoms with van der Waals surface area (Å²) in [6.07, 6.45) is 0. The van der Waals surface area contributed by atoms with Crippen LogP contribution in [0.5, 0.6) is 0 Å². The minimum atomic E-state index is -0.335. The fourth-order valence-electron chi connectivity index (χ4n) is 3.76. The van der Waals surface area contributed by atoms with E-state index in [4.69, 9.17) is 10.5 Å². The fraction of sp³-hybridized carbons (Fsp3) is 0.429. The summed E-state index contributed by atoms with van der Waals surface area (Å²) in [5, 5.41) is 2.92. The number of hydrogen-bond donors (Lipinski definition) is 2. The van der Waals surface area contributed by atoms with Crippen molar-refractivity contribution in [2.24, 2.45) is 0 Å². The number of anilines is 2. The molecule has 2 aliphatic rings. The Bertz CT molecular complexity index is 876. The molecule has 3 N–H and O–H groups in total. The minimum Gasteiger partial charge on any atom is -0.384 e. The van der Waals surface area contributed by atoms with E-state index in [1.165, 1.54) is 12.1 Å². The number of ether oxygens (including phenoxy) is 1. The number of benzene rings is 1. The molecule has 1 unspecified atom stereocenters. The van der Waals surface area contributed by atoms with E-state index in [1.54, 1.807) is 30.0 Å². The molecular weight excluding hydrogens is 405 g/mol. The van der Waals surface area contributed by atoms with E-state index in [0.717, 1.165) is 42.4 Å². The van der Waals surface area contributed by atoms with E-state index in [2.05, 4.69) is 15.2 Å². The van der Waals surface area contributed by atoms with E-state index in [9.17, 15) is 9.18 Å². The van der Waals surface area contributed by atoms with Crippen LogP contribution in [0.2, 0.25) is 0 Å². The first-order valence-electron chi connectivity index (χ1n) is 10.1. The molecular formula is C21H26FN5O2S. The van der Waals surface area contributed by atoms with Gasteiger partial charge in [-0.15, -0.1) is 0 Å². The van der Waals surface area contributed by atoms with Gasteiger partial charge in [-0.05, 0) is 35.9 Å². The fourth-order valence-corrected chi connectivity index (χ4v) is 4.89. The lowest BCUT2D eigenvalue weighted by Gasteiger charge is -2.37. The van der Waals surface area contributed by atoms with Gasteiger partial charge < -0.3 is 20.7 Å². The van der Waals surface area contributed by atoms with Crippen molar-refractivity contribution >= 4 is 29.3 Å². The van der Waals surface area contributed by atoms with Gasteiger partial charge in [0.25, 0.3) is 0 Å². The van der Waals surface area contributed by atoms with Gasteiger partial charge in [0.05, 0.1) is 24.9 Å². The van der Waals surface area contributed by atoms with E-state index in [-0.39, 0.29) is 17.9 Å². The van der Waals surface area contributed by atoms with E-state index in [1.807, 2.05) is 11.0 Å². The van der Waals surface area contributed by atoms with Crippen molar-refractivity contribution in [3.8, 4) is 0 Å². The summed E-state index contributed by atoms with van der Waals surface area (Å²) in [5.41, 5.74) is 8.41. The van der Waals surface area contributed by atoms with Crippen LogP contribution in [0, 0.1) is 5.82 Å². The molecule has 0 spiro atoms. The maximum atomic E-state index is 13.3. The Morgan fingerprint density at radius 3 is 2.80 bits per heavy atom. The maximum absolute atomic E-state index is 13.3. The van der Waals surface area contributed by atoms with Crippen molar-refractivity contribution in [3.05, 3.63) is 53.5 Å². The predicted octanol–water partition coefficient (Wildman–Crippen LogP) is 2.96. The molecule has 2 aromatic rings. The average molecular weight is 432 g/mol. The smallest absolute Gasteiger partial charge is 0.322 e. The molecule has 4 rings (SSSR count). The van der Waals surface area contributed by atoms with Crippen molar-refractivity contribution in [3.63, 3.8) is 0 Å². The number of nitrogen functional groups attached to an aromatic ring is 1. The highest BCUT2D eigenvalue weighted by Crippen LogP contribution is 2.35. The van der Waals surface area contributed by atoms with Gasteiger partial charge in [-0.25, -0.2) is 14.2 Å². The Morgan fingerprint density at radius 2 is 2.03 bits per heavy atom.